The second-order valence-corrected chi connectivity index (χ2v) is 8.35. The van der Waals surface area contributed by atoms with Crippen molar-refractivity contribution in [3.8, 4) is 0 Å². The van der Waals surface area contributed by atoms with Crippen molar-refractivity contribution < 1.29 is 8.42 Å². The number of hydrogen-bond donors (Lipinski definition) is 0. The van der Waals surface area contributed by atoms with Crippen molar-refractivity contribution in [2.24, 2.45) is 0 Å². The van der Waals surface area contributed by atoms with Crippen LogP contribution >= 0.6 is 0 Å². The van der Waals surface area contributed by atoms with E-state index >= 15 is 0 Å². The molecular formula is C16H26N2O2S. The molecule has 1 aromatic carbocycles. The number of benzene rings is 1. The smallest absolute Gasteiger partial charge is 0.243 e. The molecule has 118 valence electrons. The lowest BCUT2D eigenvalue weighted by Crippen LogP contribution is -2.56. The van der Waals surface area contributed by atoms with Crippen LogP contribution in [0.4, 0.5) is 0 Å². The Morgan fingerprint density at radius 1 is 1.05 bits per heavy atom. The summed E-state index contributed by atoms with van der Waals surface area (Å²) >= 11 is 0. The van der Waals surface area contributed by atoms with E-state index in [9.17, 15) is 8.42 Å². The molecule has 21 heavy (non-hydrogen) atoms. The molecule has 0 N–H and O–H groups in total. The first-order valence-electron chi connectivity index (χ1n) is 7.55. The van der Waals surface area contributed by atoms with Gasteiger partial charge in [0.25, 0.3) is 0 Å². The average molecular weight is 310 g/mol. The van der Waals surface area contributed by atoms with Crippen molar-refractivity contribution in [3.63, 3.8) is 0 Å². The van der Waals surface area contributed by atoms with E-state index in [0.717, 1.165) is 5.56 Å². The fourth-order valence-corrected chi connectivity index (χ4v) is 4.33. The first-order chi connectivity index (χ1) is 9.73. The summed E-state index contributed by atoms with van der Waals surface area (Å²) in [6.45, 7) is 9.45. The lowest BCUT2D eigenvalue weighted by atomic mass is 10.0. The molecule has 0 aliphatic carbocycles. The zero-order valence-corrected chi connectivity index (χ0v) is 14.4. The van der Waals surface area contributed by atoms with Gasteiger partial charge in [0, 0.05) is 25.2 Å². The number of hydrogen-bond acceptors (Lipinski definition) is 3. The van der Waals surface area contributed by atoms with Gasteiger partial charge in [-0.1, -0.05) is 26.0 Å². The fraction of sp³-hybridized carbons (Fsp3) is 0.625. The number of nitrogens with zero attached hydrogens (tertiary/aromatic N) is 2. The molecule has 1 saturated heterocycles. The van der Waals surface area contributed by atoms with E-state index in [1.807, 2.05) is 12.1 Å². The van der Waals surface area contributed by atoms with Crippen LogP contribution in [0, 0.1) is 0 Å². The molecule has 4 nitrogen and oxygen atoms in total. The highest BCUT2D eigenvalue weighted by molar-refractivity contribution is 7.89. The molecule has 1 aliphatic heterocycles. The van der Waals surface area contributed by atoms with E-state index in [-0.39, 0.29) is 12.1 Å². The summed E-state index contributed by atoms with van der Waals surface area (Å²) in [7, 11) is -1.33. The molecule has 0 spiro atoms. The Balaban J connectivity index is 2.25. The van der Waals surface area contributed by atoms with Gasteiger partial charge in [0.1, 0.15) is 0 Å². The van der Waals surface area contributed by atoms with Gasteiger partial charge in [-0.05, 0) is 44.5 Å². The topological polar surface area (TPSA) is 40.6 Å². The fourth-order valence-electron chi connectivity index (χ4n) is 2.73. The molecule has 0 amide bonds. The highest BCUT2D eigenvalue weighted by atomic mass is 32.2. The summed E-state index contributed by atoms with van der Waals surface area (Å²) < 4.78 is 27.2. The predicted octanol–water partition coefficient (Wildman–Crippen LogP) is 2.52. The molecule has 0 saturated carbocycles. The van der Waals surface area contributed by atoms with Crippen LogP contribution in [-0.2, 0) is 10.0 Å². The van der Waals surface area contributed by atoms with Crippen LogP contribution in [0.1, 0.15) is 39.2 Å². The molecule has 1 heterocycles. The summed E-state index contributed by atoms with van der Waals surface area (Å²) in [5, 5.41) is 0. The predicted molar refractivity (Wildman–Crippen MR) is 86.0 cm³/mol. The van der Waals surface area contributed by atoms with Gasteiger partial charge in [-0.15, -0.1) is 0 Å². The van der Waals surface area contributed by atoms with Crippen molar-refractivity contribution >= 4 is 10.0 Å². The molecule has 0 radical (unpaired) electrons. The number of piperazine rings is 1. The Labute approximate surface area is 128 Å². The largest absolute Gasteiger partial charge is 0.298 e. The van der Waals surface area contributed by atoms with Gasteiger partial charge in [0.15, 0.2) is 0 Å². The third-order valence-electron chi connectivity index (χ3n) is 4.51. The van der Waals surface area contributed by atoms with Gasteiger partial charge in [-0.25, -0.2) is 8.42 Å². The van der Waals surface area contributed by atoms with Crippen LogP contribution in [0.25, 0.3) is 0 Å². The average Bonchev–Trinajstić information content (AvgIpc) is 2.44. The van der Waals surface area contributed by atoms with Crippen LogP contribution in [0.15, 0.2) is 29.2 Å². The van der Waals surface area contributed by atoms with Crippen molar-refractivity contribution in [1.29, 1.82) is 0 Å². The van der Waals surface area contributed by atoms with Crippen LogP contribution in [-0.4, -0.2) is 49.8 Å². The molecule has 5 heteroatoms. The van der Waals surface area contributed by atoms with E-state index < -0.39 is 10.0 Å². The first-order valence-corrected chi connectivity index (χ1v) is 8.99. The summed E-state index contributed by atoms with van der Waals surface area (Å²) in [5.41, 5.74) is 1.16. The Kier molecular flexibility index (Phi) is 4.76. The summed E-state index contributed by atoms with van der Waals surface area (Å²) in [5.74, 6) is 0.408. The summed E-state index contributed by atoms with van der Waals surface area (Å²) in [4.78, 5) is 2.63. The zero-order chi connectivity index (χ0) is 15.8. The van der Waals surface area contributed by atoms with Gasteiger partial charge < -0.3 is 0 Å². The van der Waals surface area contributed by atoms with E-state index in [1.165, 1.54) is 0 Å². The lowest BCUT2D eigenvalue weighted by Gasteiger charge is -2.41. The van der Waals surface area contributed by atoms with Crippen LogP contribution < -0.4 is 0 Å². The lowest BCUT2D eigenvalue weighted by molar-refractivity contribution is 0.105. The second-order valence-electron chi connectivity index (χ2n) is 6.41. The molecule has 2 atom stereocenters. The second kappa shape index (κ2) is 6.07. The maximum absolute atomic E-state index is 12.8. The molecular weight excluding hydrogens is 284 g/mol. The molecule has 1 aliphatic rings. The van der Waals surface area contributed by atoms with Crippen molar-refractivity contribution in [1.82, 2.24) is 9.21 Å². The Morgan fingerprint density at radius 3 is 1.95 bits per heavy atom. The van der Waals surface area contributed by atoms with Crippen molar-refractivity contribution in [2.75, 3.05) is 20.1 Å². The van der Waals surface area contributed by atoms with E-state index in [1.54, 1.807) is 16.4 Å². The molecule has 2 unspecified atom stereocenters. The van der Waals surface area contributed by atoms with Crippen molar-refractivity contribution in [2.45, 2.75) is 50.6 Å². The molecule has 0 bridgehead atoms. The third kappa shape index (κ3) is 3.30. The highest BCUT2D eigenvalue weighted by Gasteiger charge is 2.34. The number of rotatable bonds is 3. The quantitative estimate of drug-likeness (QED) is 0.861. The maximum Gasteiger partial charge on any atom is 0.243 e. The first kappa shape index (κ1) is 16.5. The molecule has 1 fully saturated rings. The molecule has 1 aromatic rings. The van der Waals surface area contributed by atoms with Crippen molar-refractivity contribution in [3.05, 3.63) is 29.8 Å². The Bertz CT molecular complexity index is 569. The Hall–Kier alpha value is -0.910. The zero-order valence-electron chi connectivity index (χ0n) is 13.6. The highest BCUT2D eigenvalue weighted by Crippen LogP contribution is 2.23. The van der Waals surface area contributed by atoms with Gasteiger partial charge in [0.05, 0.1) is 4.90 Å². The standard InChI is InChI=1S/C16H26N2O2S/c1-12(2)15-6-8-16(9-7-15)21(19,20)18-10-13(3)17(5)14(4)11-18/h6-9,12-14H,10-11H2,1-5H3. The number of sulfonamides is 1. The van der Waals surface area contributed by atoms with E-state index in [0.29, 0.717) is 23.9 Å². The summed E-state index contributed by atoms with van der Waals surface area (Å²) in [6, 6.07) is 7.77. The van der Waals surface area contributed by atoms with Gasteiger partial charge in [-0.2, -0.15) is 4.31 Å². The van der Waals surface area contributed by atoms with E-state index in [2.05, 4.69) is 39.6 Å². The maximum atomic E-state index is 12.8. The normalized spacial score (nSPS) is 25.4. The summed E-state index contributed by atoms with van der Waals surface area (Å²) in [6.07, 6.45) is 0. The minimum Gasteiger partial charge on any atom is -0.298 e. The van der Waals surface area contributed by atoms with Crippen LogP contribution in [0.5, 0.6) is 0 Å². The SMILES string of the molecule is CC(C)c1ccc(S(=O)(=O)N2CC(C)N(C)C(C)C2)cc1. The van der Waals surface area contributed by atoms with E-state index in [4.69, 9.17) is 0 Å². The molecule has 0 aromatic heterocycles. The molecule has 2 rings (SSSR count). The van der Waals surface area contributed by atoms with Gasteiger partial charge >= 0.3 is 0 Å². The number of likely N-dealkylation sites (N-methyl/N-ethyl adjacent to an activating group) is 1. The minimum atomic E-state index is -3.39. The van der Waals surface area contributed by atoms with Gasteiger partial charge in [0.2, 0.25) is 10.0 Å². The monoisotopic (exact) mass is 310 g/mol. The minimum absolute atomic E-state index is 0.235. The van der Waals surface area contributed by atoms with Gasteiger partial charge in [-0.3, -0.25) is 4.90 Å². The Morgan fingerprint density at radius 2 is 1.52 bits per heavy atom. The van der Waals surface area contributed by atoms with Crippen LogP contribution in [0.2, 0.25) is 0 Å². The third-order valence-corrected chi connectivity index (χ3v) is 6.36. The van der Waals surface area contributed by atoms with Crippen LogP contribution in [0.3, 0.4) is 0 Å².